The second-order valence-electron chi connectivity index (χ2n) is 7.53. The summed E-state index contributed by atoms with van der Waals surface area (Å²) in [4.78, 5) is 27.5. The van der Waals surface area contributed by atoms with Gasteiger partial charge in [0.2, 0.25) is 0 Å². The normalized spacial score (nSPS) is 16.9. The van der Waals surface area contributed by atoms with Gasteiger partial charge in [-0.2, -0.15) is 10.4 Å². The molecule has 29 heavy (non-hydrogen) atoms. The summed E-state index contributed by atoms with van der Waals surface area (Å²) >= 11 is 0. The summed E-state index contributed by atoms with van der Waals surface area (Å²) in [6.45, 7) is 1.52. The van der Waals surface area contributed by atoms with Gasteiger partial charge in [0, 0.05) is 37.0 Å². The number of hydrogen-bond donors (Lipinski definition) is 1. The highest BCUT2D eigenvalue weighted by Crippen LogP contribution is 2.51. The summed E-state index contributed by atoms with van der Waals surface area (Å²) in [5.74, 6) is -0.396. The van der Waals surface area contributed by atoms with Crippen molar-refractivity contribution in [2.75, 3.05) is 13.1 Å². The Labute approximate surface area is 177 Å². The Morgan fingerprint density at radius 1 is 1.38 bits per heavy atom. The van der Waals surface area contributed by atoms with E-state index in [4.69, 9.17) is 15.9 Å². The van der Waals surface area contributed by atoms with Crippen molar-refractivity contribution >= 4 is 33.5 Å². The molecule has 1 fully saturated rings. The Kier molecular flexibility index (Phi) is 5.28. The summed E-state index contributed by atoms with van der Waals surface area (Å²) in [6, 6.07) is 9.09. The molecule has 0 unspecified atom stereocenters. The van der Waals surface area contributed by atoms with E-state index in [1.54, 1.807) is 31.3 Å². The molecular weight excluding hydrogens is 410 g/mol. The molecule has 1 N–H and O–H groups in total. The molecule has 7 nitrogen and oxygen atoms in total. The number of carbonyl (C=O) groups is 2. The highest BCUT2D eigenvalue weighted by molar-refractivity contribution is 8.22. The zero-order valence-electron chi connectivity index (χ0n) is 15.9. The number of carbonyl (C=O) groups excluding carboxylic acids is 2. The minimum absolute atomic E-state index is 0.0192. The van der Waals surface area contributed by atoms with Crippen LogP contribution in [0.25, 0.3) is 0 Å². The Hall–Kier alpha value is -2.50. The van der Waals surface area contributed by atoms with E-state index in [9.17, 15) is 9.59 Å². The quantitative estimate of drug-likeness (QED) is 0.762. The molecular formula is C20H20ClN5O2S. The van der Waals surface area contributed by atoms with Gasteiger partial charge >= 0.3 is 0 Å². The van der Waals surface area contributed by atoms with Crippen LogP contribution in [0.1, 0.15) is 50.5 Å². The van der Waals surface area contributed by atoms with Crippen molar-refractivity contribution in [3.05, 3.63) is 52.3 Å². The molecule has 1 aliphatic carbocycles. The van der Waals surface area contributed by atoms with Crippen molar-refractivity contribution in [2.24, 2.45) is 7.05 Å². The monoisotopic (exact) mass is 429 g/mol. The highest BCUT2D eigenvalue weighted by atomic mass is 35.7. The van der Waals surface area contributed by atoms with Crippen LogP contribution in [0.4, 0.5) is 0 Å². The maximum atomic E-state index is 13.0. The second kappa shape index (κ2) is 7.73. The van der Waals surface area contributed by atoms with Crippen LogP contribution in [-0.4, -0.2) is 44.3 Å². The standard InChI is InChI=1S/C20H20ClN5O2S/c1-25-17-15(6-9-26(19(17)28)12-20(29-21)7-8-20)16(24-25)18(27)23-11-14-4-2-13(10-22)3-5-14/h2-5H,6-9,11-12H2,1H3,(H,23,27). The minimum atomic E-state index is -0.303. The number of fused-ring (bicyclic) bond motifs is 1. The molecule has 0 atom stereocenters. The summed E-state index contributed by atoms with van der Waals surface area (Å²) < 4.78 is 1.49. The highest BCUT2D eigenvalue weighted by Gasteiger charge is 2.47. The van der Waals surface area contributed by atoms with Crippen molar-refractivity contribution in [2.45, 2.75) is 30.6 Å². The lowest BCUT2D eigenvalue weighted by Crippen LogP contribution is -2.43. The van der Waals surface area contributed by atoms with Crippen LogP contribution < -0.4 is 5.32 Å². The van der Waals surface area contributed by atoms with Crippen LogP contribution in [0.2, 0.25) is 0 Å². The maximum Gasteiger partial charge on any atom is 0.272 e. The van der Waals surface area contributed by atoms with Gasteiger partial charge in [-0.1, -0.05) is 12.1 Å². The summed E-state index contributed by atoms with van der Waals surface area (Å²) in [5.41, 5.74) is 2.95. The van der Waals surface area contributed by atoms with Crippen molar-refractivity contribution in [1.29, 1.82) is 5.26 Å². The third-order valence-corrected chi connectivity index (χ3v) is 7.32. The first kappa shape index (κ1) is 19.8. The molecule has 9 heteroatoms. The molecule has 0 saturated heterocycles. The molecule has 2 heterocycles. The average Bonchev–Trinajstić information content (AvgIpc) is 3.43. The SMILES string of the molecule is Cn1nc(C(=O)NCc2ccc(C#N)cc2)c2c1C(=O)N(CC1(SCl)CC1)CC2. The molecule has 1 aliphatic heterocycles. The molecule has 1 saturated carbocycles. The topological polar surface area (TPSA) is 91.0 Å². The van der Waals surface area contributed by atoms with E-state index >= 15 is 0 Å². The predicted octanol–water partition coefficient (Wildman–Crippen LogP) is 2.64. The Balaban J connectivity index is 1.47. The fraction of sp³-hybridized carbons (Fsp3) is 0.400. The molecule has 4 rings (SSSR count). The first-order chi connectivity index (χ1) is 14.0. The van der Waals surface area contributed by atoms with Gasteiger partial charge in [0.05, 0.1) is 11.6 Å². The van der Waals surface area contributed by atoms with Gasteiger partial charge in [0.1, 0.15) is 5.69 Å². The fourth-order valence-corrected chi connectivity index (χ4v) is 4.68. The Morgan fingerprint density at radius 2 is 2.10 bits per heavy atom. The average molecular weight is 430 g/mol. The van der Waals surface area contributed by atoms with Gasteiger partial charge in [-0.15, -0.1) is 0 Å². The maximum absolute atomic E-state index is 13.0. The van der Waals surface area contributed by atoms with Gasteiger partial charge in [0.15, 0.2) is 5.69 Å². The number of amides is 2. The third-order valence-electron chi connectivity index (χ3n) is 5.47. The van der Waals surface area contributed by atoms with E-state index in [1.165, 1.54) is 15.7 Å². The lowest BCUT2D eigenvalue weighted by molar-refractivity contribution is 0.0725. The van der Waals surface area contributed by atoms with E-state index in [2.05, 4.69) is 16.5 Å². The summed E-state index contributed by atoms with van der Waals surface area (Å²) in [6.07, 6.45) is 2.63. The van der Waals surface area contributed by atoms with Crippen LogP contribution in [0.3, 0.4) is 0 Å². The van der Waals surface area contributed by atoms with Crippen molar-refractivity contribution in [1.82, 2.24) is 20.0 Å². The van der Waals surface area contributed by atoms with Crippen LogP contribution in [0, 0.1) is 11.3 Å². The number of hydrogen-bond acceptors (Lipinski definition) is 5. The first-order valence-electron chi connectivity index (χ1n) is 9.38. The van der Waals surface area contributed by atoms with Crippen LogP contribution in [0.15, 0.2) is 24.3 Å². The second-order valence-corrected chi connectivity index (χ2v) is 9.01. The van der Waals surface area contributed by atoms with E-state index in [1.807, 2.05) is 4.90 Å². The van der Waals surface area contributed by atoms with Gasteiger partial charge in [-0.05, 0) is 58.6 Å². The molecule has 2 aromatic rings. The van der Waals surface area contributed by atoms with Crippen molar-refractivity contribution < 1.29 is 9.59 Å². The molecule has 150 valence electrons. The van der Waals surface area contributed by atoms with Crippen molar-refractivity contribution in [3.8, 4) is 6.07 Å². The van der Waals surface area contributed by atoms with E-state index in [0.717, 1.165) is 18.4 Å². The van der Waals surface area contributed by atoms with Gasteiger partial charge in [-0.3, -0.25) is 14.3 Å². The molecule has 2 aliphatic rings. The Bertz CT molecular complexity index is 1010. The number of nitrogens with zero attached hydrogens (tertiary/aromatic N) is 4. The lowest BCUT2D eigenvalue weighted by Gasteiger charge is -2.30. The smallest absolute Gasteiger partial charge is 0.272 e. The number of nitrogens with one attached hydrogen (secondary N) is 1. The zero-order chi connectivity index (χ0) is 20.6. The van der Waals surface area contributed by atoms with E-state index < -0.39 is 0 Å². The summed E-state index contributed by atoms with van der Waals surface area (Å²) in [5, 5.41) is 16.0. The molecule has 1 aromatic heterocycles. The number of rotatable bonds is 6. The number of aromatic nitrogens is 2. The van der Waals surface area contributed by atoms with Gasteiger partial charge in [0.25, 0.3) is 11.8 Å². The van der Waals surface area contributed by atoms with Crippen LogP contribution >= 0.6 is 21.7 Å². The van der Waals surface area contributed by atoms with Gasteiger partial charge < -0.3 is 10.2 Å². The first-order valence-corrected chi connectivity index (χ1v) is 11.0. The van der Waals surface area contributed by atoms with Crippen LogP contribution in [0.5, 0.6) is 0 Å². The summed E-state index contributed by atoms with van der Waals surface area (Å²) in [7, 11) is 9.00. The predicted molar refractivity (Wildman–Crippen MR) is 111 cm³/mol. The van der Waals surface area contributed by atoms with E-state index in [-0.39, 0.29) is 16.6 Å². The number of aryl methyl sites for hydroxylation is 1. The lowest BCUT2D eigenvalue weighted by atomic mass is 10.0. The number of nitriles is 1. The Morgan fingerprint density at radius 3 is 2.72 bits per heavy atom. The zero-order valence-corrected chi connectivity index (χ0v) is 17.5. The molecule has 0 radical (unpaired) electrons. The molecule has 0 bridgehead atoms. The molecule has 1 aromatic carbocycles. The number of benzene rings is 1. The van der Waals surface area contributed by atoms with Crippen LogP contribution in [-0.2, 0) is 20.0 Å². The molecule has 2 amide bonds. The van der Waals surface area contributed by atoms with E-state index in [0.29, 0.717) is 48.6 Å². The largest absolute Gasteiger partial charge is 0.347 e. The molecule has 0 spiro atoms. The number of halogens is 1. The van der Waals surface area contributed by atoms with Gasteiger partial charge in [-0.25, -0.2) is 0 Å². The third kappa shape index (κ3) is 3.85. The fourth-order valence-electron chi connectivity index (χ4n) is 3.61. The van der Waals surface area contributed by atoms with Crippen molar-refractivity contribution in [3.63, 3.8) is 0 Å². The minimum Gasteiger partial charge on any atom is -0.347 e.